The highest BCUT2D eigenvalue weighted by Crippen LogP contribution is 2.23. The first kappa shape index (κ1) is 11.3. The second-order valence-electron chi connectivity index (χ2n) is 3.72. The largest absolute Gasteiger partial charge is 0.457 e. The molecule has 0 aliphatic carbocycles. The van der Waals surface area contributed by atoms with Crippen molar-refractivity contribution in [2.24, 2.45) is 0 Å². The van der Waals surface area contributed by atoms with E-state index in [9.17, 15) is 9.18 Å². The van der Waals surface area contributed by atoms with Crippen LogP contribution in [0.15, 0.2) is 42.5 Å². The molecular weight excluding hydrogens is 219 g/mol. The summed E-state index contributed by atoms with van der Waals surface area (Å²) in [6, 6.07) is 11.6. The minimum atomic E-state index is -0.579. The van der Waals surface area contributed by atoms with Gasteiger partial charge in [-0.3, -0.25) is 4.79 Å². The number of ether oxygens (including phenoxy) is 1. The quantitative estimate of drug-likeness (QED) is 0.751. The van der Waals surface area contributed by atoms with Gasteiger partial charge >= 0.3 is 0 Å². The van der Waals surface area contributed by atoms with Gasteiger partial charge in [-0.25, -0.2) is 4.39 Å². The predicted octanol–water partition coefficient (Wildman–Crippen LogP) is 3.74. The van der Waals surface area contributed by atoms with Crippen molar-refractivity contribution >= 4 is 6.29 Å². The van der Waals surface area contributed by atoms with Crippen molar-refractivity contribution < 1.29 is 13.9 Å². The first-order chi connectivity index (χ1) is 8.19. The van der Waals surface area contributed by atoms with Crippen LogP contribution in [0.4, 0.5) is 4.39 Å². The molecule has 0 radical (unpaired) electrons. The Bertz CT molecular complexity index is 532. The molecule has 0 saturated carbocycles. The van der Waals surface area contributed by atoms with E-state index in [0.717, 1.165) is 5.56 Å². The van der Waals surface area contributed by atoms with Gasteiger partial charge in [0.05, 0.1) is 5.56 Å². The number of rotatable bonds is 3. The highest BCUT2D eigenvalue weighted by molar-refractivity contribution is 5.75. The summed E-state index contributed by atoms with van der Waals surface area (Å²) in [6.07, 6.45) is 0.477. The summed E-state index contributed by atoms with van der Waals surface area (Å²) in [5.41, 5.74) is 1.15. The normalized spacial score (nSPS) is 10.0. The molecule has 2 aromatic rings. The van der Waals surface area contributed by atoms with Crippen LogP contribution in [-0.2, 0) is 0 Å². The summed E-state index contributed by atoms with van der Waals surface area (Å²) >= 11 is 0. The second kappa shape index (κ2) is 4.78. The van der Waals surface area contributed by atoms with E-state index < -0.39 is 5.82 Å². The standard InChI is InChI=1S/C14H11FO2/c1-10-2-5-12(6-3-10)17-13-7-4-11(9-16)14(15)8-13/h2-9H,1H3. The molecule has 2 rings (SSSR count). The Hall–Kier alpha value is -2.16. The number of carbonyl (C=O) groups is 1. The summed E-state index contributed by atoms with van der Waals surface area (Å²) < 4.78 is 18.8. The average Bonchev–Trinajstić information content (AvgIpc) is 2.32. The van der Waals surface area contributed by atoms with Crippen LogP contribution in [0.25, 0.3) is 0 Å². The van der Waals surface area contributed by atoms with E-state index in [0.29, 0.717) is 17.8 Å². The van der Waals surface area contributed by atoms with Gasteiger partial charge in [0.15, 0.2) is 6.29 Å². The van der Waals surface area contributed by atoms with Crippen molar-refractivity contribution in [1.29, 1.82) is 0 Å². The summed E-state index contributed by atoms with van der Waals surface area (Å²) in [5, 5.41) is 0. The Morgan fingerprint density at radius 3 is 2.29 bits per heavy atom. The third-order valence-corrected chi connectivity index (χ3v) is 2.36. The maximum atomic E-state index is 13.3. The summed E-state index contributed by atoms with van der Waals surface area (Å²) in [7, 11) is 0. The van der Waals surface area contributed by atoms with E-state index in [-0.39, 0.29) is 5.56 Å². The Morgan fingerprint density at radius 1 is 1.06 bits per heavy atom. The average molecular weight is 230 g/mol. The zero-order valence-electron chi connectivity index (χ0n) is 9.31. The van der Waals surface area contributed by atoms with Gasteiger partial charge in [0.1, 0.15) is 17.3 Å². The fraction of sp³-hybridized carbons (Fsp3) is 0.0714. The van der Waals surface area contributed by atoms with Gasteiger partial charge in [0, 0.05) is 6.07 Å². The SMILES string of the molecule is Cc1ccc(Oc2ccc(C=O)c(F)c2)cc1. The van der Waals surface area contributed by atoms with Crippen LogP contribution in [0.1, 0.15) is 15.9 Å². The van der Waals surface area contributed by atoms with Gasteiger partial charge in [-0.15, -0.1) is 0 Å². The molecule has 0 saturated heterocycles. The first-order valence-corrected chi connectivity index (χ1v) is 5.18. The van der Waals surface area contributed by atoms with E-state index in [2.05, 4.69) is 0 Å². The van der Waals surface area contributed by atoms with Crippen molar-refractivity contribution in [1.82, 2.24) is 0 Å². The lowest BCUT2D eigenvalue weighted by atomic mass is 10.2. The van der Waals surface area contributed by atoms with E-state index in [1.807, 2.05) is 19.1 Å². The Morgan fingerprint density at radius 2 is 1.71 bits per heavy atom. The molecule has 2 nitrogen and oxygen atoms in total. The number of aldehydes is 1. The Labute approximate surface area is 98.7 Å². The highest BCUT2D eigenvalue weighted by Gasteiger charge is 2.04. The van der Waals surface area contributed by atoms with Crippen LogP contribution in [0.2, 0.25) is 0 Å². The lowest BCUT2D eigenvalue weighted by Gasteiger charge is -2.06. The minimum Gasteiger partial charge on any atom is -0.457 e. The topological polar surface area (TPSA) is 26.3 Å². The molecule has 0 fully saturated rings. The van der Waals surface area contributed by atoms with Gasteiger partial charge < -0.3 is 4.74 Å². The molecule has 0 N–H and O–H groups in total. The third-order valence-electron chi connectivity index (χ3n) is 2.36. The number of hydrogen-bond donors (Lipinski definition) is 0. The zero-order valence-corrected chi connectivity index (χ0v) is 9.31. The van der Waals surface area contributed by atoms with Crippen LogP contribution in [0.5, 0.6) is 11.5 Å². The number of carbonyl (C=O) groups excluding carboxylic acids is 1. The van der Waals surface area contributed by atoms with E-state index in [4.69, 9.17) is 4.74 Å². The van der Waals surface area contributed by atoms with Gasteiger partial charge in [-0.05, 0) is 31.2 Å². The minimum absolute atomic E-state index is 0.0289. The zero-order chi connectivity index (χ0) is 12.3. The monoisotopic (exact) mass is 230 g/mol. The van der Waals surface area contributed by atoms with Crippen LogP contribution < -0.4 is 4.74 Å². The van der Waals surface area contributed by atoms with E-state index in [1.54, 1.807) is 18.2 Å². The van der Waals surface area contributed by atoms with Crippen molar-refractivity contribution in [2.75, 3.05) is 0 Å². The molecule has 0 atom stereocenters. The molecule has 0 aliphatic heterocycles. The summed E-state index contributed by atoms with van der Waals surface area (Å²) in [4.78, 5) is 10.5. The lowest BCUT2D eigenvalue weighted by molar-refractivity contribution is 0.112. The molecule has 0 bridgehead atoms. The van der Waals surface area contributed by atoms with Crippen LogP contribution in [-0.4, -0.2) is 6.29 Å². The molecule has 0 amide bonds. The van der Waals surface area contributed by atoms with E-state index in [1.165, 1.54) is 12.1 Å². The molecule has 0 heterocycles. The van der Waals surface area contributed by atoms with Crippen molar-refractivity contribution in [3.8, 4) is 11.5 Å². The molecule has 0 aliphatic rings. The number of benzene rings is 2. The molecule has 86 valence electrons. The van der Waals surface area contributed by atoms with Gasteiger partial charge in [0.2, 0.25) is 0 Å². The molecular formula is C14H11FO2. The van der Waals surface area contributed by atoms with Gasteiger partial charge in [0.25, 0.3) is 0 Å². The van der Waals surface area contributed by atoms with Crippen LogP contribution in [0, 0.1) is 12.7 Å². The summed E-state index contributed by atoms with van der Waals surface area (Å²) in [6.45, 7) is 1.97. The fourth-order valence-electron chi connectivity index (χ4n) is 1.41. The van der Waals surface area contributed by atoms with Gasteiger partial charge in [-0.2, -0.15) is 0 Å². The van der Waals surface area contributed by atoms with Crippen molar-refractivity contribution in [2.45, 2.75) is 6.92 Å². The lowest BCUT2D eigenvalue weighted by Crippen LogP contribution is -1.90. The molecule has 2 aromatic carbocycles. The van der Waals surface area contributed by atoms with Crippen molar-refractivity contribution in [3.05, 3.63) is 59.4 Å². The predicted molar refractivity (Wildman–Crippen MR) is 63.0 cm³/mol. The Kier molecular flexibility index (Phi) is 3.19. The first-order valence-electron chi connectivity index (χ1n) is 5.18. The van der Waals surface area contributed by atoms with Crippen LogP contribution >= 0.6 is 0 Å². The van der Waals surface area contributed by atoms with Crippen LogP contribution in [0.3, 0.4) is 0 Å². The third kappa shape index (κ3) is 2.69. The van der Waals surface area contributed by atoms with E-state index >= 15 is 0 Å². The molecule has 3 heteroatoms. The maximum absolute atomic E-state index is 13.3. The molecule has 0 aromatic heterocycles. The fourth-order valence-corrected chi connectivity index (χ4v) is 1.41. The maximum Gasteiger partial charge on any atom is 0.152 e. The van der Waals surface area contributed by atoms with Gasteiger partial charge in [-0.1, -0.05) is 17.7 Å². The van der Waals surface area contributed by atoms with Crippen molar-refractivity contribution in [3.63, 3.8) is 0 Å². The molecule has 0 unspecified atom stereocenters. The summed E-state index contributed by atoms with van der Waals surface area (Å²) in [5.74, 6) is 0.426. The highest BCUT2D eigenvalue weighted by atomic mass is 19.1. The molecule has 0 spiro atoms. The molecule has 17 heavy (non-hydrogen) atoms. The number of aryl methyl sites for hydroxylation is 1. The Balaban J connectivity index is 2.21. The number of hydrogen-bond acceptors (Lipinski definition) is 2. The smallest absolute Gasteiger partial charge is 0.152 e. The second-order valence-corrected chi connectivity index (χ2v) is 3.72. The number of halogens is 1.